The molecule has 1 atom stereocenters. The van der Waals surface area contributed by atoms with E-state index in [-0.39, 0.29) is 0 Å². The molecule has 3 nitrogen and oxygen atoms in total. The molecule has 1 unspecified atom stereocenters. The highest BCUT2D eigenvalue weighted by molar-refractivity contribution is 7.52. The van der Waals surface area contributed by atoms with E-state index in [0.717, 1.165) is 44.1 Å². The first-order valence-electron chi connectivity index (χ1n) is 7.08. The van der Waals surface area contributed by atoms with E-state index in [1.54, 1.807) is 6.07 Å². The molecule has 0 aromatic heterocycles. The Kier molecular flexibility index (Phi) is 6.60. The van der Waals surface area contributed by atoms with E-state index in [0.29, 0.717) is 5.75 Å². The quantitative estimate of drug-likeness (QED) is 0.711. The zero-order valence-electron chi connectivity index (χ0n) is 12.2. The van der Waals surface area contributed by atoms with Gasteiger partial charge in [0, 0.05) is 6.66 Å². The molecule has 0 spiro atoms. The van der Waals surface area contributed by atoms with Gasteiger partial charge in [-0.05, 0) is 42.9 Å². The molecule has 19 heavy (non-hydrogen) atoms. The first-order chi connectivity index (χ1) is 8.98. The van der Waals surface area contributed by atoms with Gasteiger partial charge in [-0.2, -0.15) is 0 Å². The molecule has 1 aromatic rings. The Balaban J connectivity index is 3.02. The van der Waals surface area contributed by atoms with Gasteiger partial charge in [-0.1, -0.05) is 38.8 Å². The van der Waals surface area contributed by atoms with Crippen LogP contribution in [0.3, 0.4) is 0 Å². The molecule has 0 aliphatic heterocycles. The number of aryl methyl sites for hydroxylation is 1. The van der Waals surface area contributed by atoms with E-state index in [2.05, 4.69) is 19.9 Å². The highest BCUT2D eigenvalue weighted by atomic mass is 31.2. The van der Waals surface area contributed by atoms with Gasteiger partial charge in [-0.25, -0.2) is 4.57 Å². The number of rotatable bonds is 8. The largest absolute Gasteiger partial charge is 0.424 e. The normalized spacial score (nSPS) is 14.1. The smallest absolute Gasteiger partial charge is 0.373 e. The van der Waals surface area contributed by atoms with E-state index in [9.17, 15) is 9.46 Å². The number of hydrogen-bond acceptors (Lipinski definition) is 2. The molecular weight excluding hydrogens is 259 g/mol. The lowest BCUT2D eigenvalue weighted by atomic mass is 9.97. The molecule has 1 rings (SSSR count). The average Bonchev–Trinajstić information content (AvgIpc) is 2.33. The lowest BCUT2D eigenvalue weighted by Crippen LogP contribution is -2.00. The van der Waals surface area contributed by atoms with Crippen LogP contribution in [0.15, 0.2) is 18.2 Å². The molecule has 0 amide bonds. The van der Waals surface area contributed by atoms with Gasteiger partial charge in [-0.15, -0.1) is 0 Å². The molecule has 0 aliphatic carbocycles. The van der Waals surface area contributed by atoms with Crippen LogP contribution in [0.25, 0.3) is 0 Å². The molecule has 1 aromatic carbocycles. The minimum Gasteiger partial charge on any atom is -0.424 e. The van der Waals surface area contributed by atoms with Crippen LogP contribution in [0.5, 0.6) is 5.75 Å². The highest BCUT2D eigenvalue weighted by Crippen LogP contribution is 2.40. The van der Waals surface area contributed by atoms with Crippen LogP contribution in [-0.4, -0.2) is 11.6 Å². The zero-order valence-corrected chi connectivity index (χ0v) is 13.1. The third kappa shape index (κ3) is 5.80. The highest BCUT2D eigenvalue weighted by Gasteiger charge is 2.16. The minimum atomic E-state index is -3.49. The molecule has 0 heterocycles. The molecule has 0 radical (unpaired) electrons. The fraction of sp³-hybridized carbons (Fsp3) is 0.600. The number of benzene rings is 1. The van der Waals surface area contributed by atoms with Gasteiger partial charge in [0.05, 0.1) is 0 Å². The van der Waals surface area contributed by atoms with Crippen molar-refractivity contribution < 1.29 is 14.0 Å². The molecule has 0 aliphatic rings. The maximum atomic E-state index is 11.5. The summed E-state index contributed by atoms with van der Waals surface area (Å²) in [4.78, 5) is 9.42. The molecule has 0 saturated carbocycles. The Bertz CT molecular complexity index is 437. The Hall–Kier alpha value is -0.790. The fourth-order valence-corrected chi connectivity index (χ4v) is 2.65. The first-order valence-corrected chi connectivity index (χ1v) is 9.11. The van der Waals surface area contributed by atoms with Crippen LogP contribution in [0.2, 0.25) is 0 Å². The minimum absolute atomic E-state index is 0.579. The number of unbranched alkanes of at least 4 members (excludes halogenated alkanes) is 2. The van der Waals surface area contributed by atoms with Crippen molar-refractivity contribution in [1.82, 2.24) is 0 Å². The first kappa shape index (κ1) is 16.3. The summed E-state index contributed by atoms with van der Waals surface area (Å²) < 4.78 is 16.7. The molecule has 1 N–H and O–H groups in total. The topological polar surface area (TPSA) is 46.5 Å². The van der Waals surface area contributed by atoms with Crippen LogP contribution in [-0.2, 0) is 17.4 Å². The zero-order chi connectivity index (χ0) is 14.3. The Labute approximate surface area is 116 Å². The molecule has 4 heteroatoms. The molecule has 0 saturated heterocycles. The molecule has 0 fully saturated rings. The maximum absolute atomic E-state index is 11.5. The molecular formula is C15H25O3P. The molecule has 0 bridgehead atoms. The summed E-state index contributed by atoms with van der Waals surface area (Å²) in [6.45, 7) is 5.54. The van der Waals surface area contributed by atoms with Gasteiger partial charge >= 0.3 is 7.60 Å². The van der Waals surface area contributed by atoms with Crippen molar-refractivity contribution in [3.05, 3.63) is 29.3 Å². The van der Waals surface area contributed by atoms with Crippen LogP contribution >= 0.6 is 7.60 Å². The summed E-state index contributed by atoms with van der Waals surface area (Å²) in [6.07, 6.45) is 6.36. The van der Waals surface area contributed by atoms with E-state index in [1.165, 1.54) is 12.2 Å². The standard InChI is InChI=1S/C15H25O3P/c1-4-6-9-13-10-8-12-15(18-19(3,16)17)14(13)11-7-5-2/h8,10,12H,4-7,9,11H2,1-3H3,(H,16,17). The SMILES string of the molecule is CCCCc1cccc(OP(C)(=O)O)c1CCCC. The van der Waals surface area contributed by atoms with Gasteiger partial charge in [0.25, 0.3) is 0 Å². The predicted octanol–water partition coefficient (Wildman–Crippen LogP) is 4.57. The monoisotopic (exact) mass is 284 g/mol. The second kappa shape index (κ2) is 7.72. The summed E-state index contributed by atoms with van der Waals surface area (Å²) in [7, 11) is -3.49. The van der Waals surface area contributed by atoms with Crippen molar-refractivity contribution in [1.29, 1.82) is 0 Å². The van der Waals surface area contributed by atoms with Crippen LogP contribution in [0, 0.1) is 0 Å². The van der Waals surface area contributed by atoms with Crippen molar-refractivity contribution >= 4 is 7.60 Å². The van der Waals surface area contributed by atoms with Crippen molar-refractivity contribution in [2.75, 3.05) is 6.66 Å². The second-order valence-electron chi connectivity index (χ2n) is 5.00. The predicted molar refractivity (Wildman–Crippen MR) is 80.0 cm³/mol. The van der Waals surface area contributed by atoms with Crippen molar-refractivity contribution in [2.45, 2.75) is 52.4 Å². The third-order valence-corrected chi connectivity index (χ3v) is 3.61. The lowest BCUT2D eigenvalue weighted by molar-refractivity contribution is 0.385. The van der Waals surface area contributed by atoms with Crippen LogP contribution in [0.1, 0.15) is 50.7 Å². The number of hydrogen-bond donors (Lipinski definition) is 1. The average molecular weight is 284 g/mol. The van der Waals surface area contributed by atoms with E-state index in [1.807, 2.05) is 6.07 Å². The van der Waals surface area contributed by atoms with Gasteiger partial charge < -0.3 is 9.42 Å². The van der Waals surface area contributed by atoms with E-state index < -0.39 is 7.60 Å². The van der Waals surface area contributed by atoms with Crippen LogP contribution < -0.4 is 4.52 Å². The van der Waals surface area contributed by atoms with Crippen LogP contribution in [0.4, 0.5) is 0 Å². The van der Waals surface area contributed by atoms with Gasteiger partial charge in [-0.3, -0.25) is 0 Å². The maximum Gasteiger partial charge on any atom is 0.373 e. The van der Waals surface area contributed by atoms with E-state index in [4.69, 9.17) is 4.52 Å². The summed E-state index contributed by atoms with van der Waals surface area (Å²) in [5.74, 6) is 0.579. The van der Waals surface area contributed by atoms with Crippen molar-refractivity contribution in [2.24, 2.45) is 0 Å². The summed E-state index contributed by atoms with van der Waals surface area (Å²) in [5, 5.41) is 0. The fourth-order valence-electron chi connectivity index (χ4n) is 2.12. The summed E-state index contributed by atoms with van der Waals surface area (Å²) in [6, 6.07) is 5.81. The van der Waals surface area contributed by atoms with Gasteiger partial charge in [0.2, 0.25) is 0 Å². The third-order valence-electron chi connectivity index (χ3n) is 3.08. The Morgan fingerprint density at radius 3 is 2.37 bits per heavy atom. The summed E-state index contributed by atoms with van der Waals surface area (Å²) in [5.41, 5.74) is 2.36. The Morgan fingerprint density at radius 1 is 1.16 bits per heavy atom. The van der Waals surface area contributed by atoms with Crippen molar-refractivity contribution in [3.8, 4) is 5.75 Å². The van der Waals surface area contributed by atoms with Gasteiger partial charge in [0.1, 0.15) is 5.75 Å². The summed E-state index contributed by atoms with van der Waals surface area (Å²) >= 11 is 0. The van der Waals surface area contributed by atoms with Crippen molar-refractivity contribution in [3.63, 3.8) is 0 Å². The lowest BCUT2D eigenvalue weighted by Gasteiger charge is -2.16. The van der Waals surface area contributed by atoms with Gasteiger partial charge in [0.15, 0.2) is 0 Å². The molecule has 108 valence electrons. The Morgan fingerprint density at radius 2 is 1.79 bits per heavy atom. The second-order valence-corrected chi connectivity index (χ2v) is 6.78. The van der Waals surface area contributed by atoms with E-state index >= 15 is 0 Å².